The Morgan fingerprint density at radius 1 is 0.370 bits per heavy atom. The van der Waals surface area contributed by atoms with Gasteiger partial charge >= 0.3 is 17.9 Å². The highest BCUT2D eigenvalue weighted by Gasteiger charge is 2.19. The summed E-state index contributed by atoms with van der Waals surface area (Å²) in [6.07, 6.45) is 49.5. The van der Waals surface area contributed by atoms with Crippen LogP contribution < -0.4 is 0 Å². The van der Waals surface area contributed by atoms with Gasteiger partial charge in [-0.25, -0.2) is 0 Å². The molecule has 54 heavy (non-hydrogen) atoms. The number of allylic oxidation sites excluding steroid dienone is 8. The minimum atomic E-state index is -0.780. The van der Waals surface area contributed by atoms with Gasteiger partial charge in [-0.05, 0) is 70.6 Å². The molecule has 0 N–H and O–H groups in total. The van der Waals surface area contributed by atoms with Crippen LogP contribution in [0.5, 0.6) is 0 Å². The van der Waals surface area contributed by atoms with Crippen LogP contribution in [0.3, 0.4) is 0 Å². The molecule has 0 aromatic rings. The van der Waals surface area contributed by atoms with Gasteiger partial charge in [0.1, 0.15) is 13.2 Å². The van der Waals surface area contributed by atoms with Crippen molar-refractivity contribution >= 4 is 17.9 Å². The SMILES string of the molecule is CCCC/C=C\C/C=C\CCCCCCCC(=O)OCC(COC(=O)CCCCCCCCCC)OC(=O)CCCCCCC/C=C\C/C=C\CCCC. The fourth-order valence-electron chi connectivity index (χ4n) is 6.06. The third-order valence-corrected chi connectivity index (χ3v) is 9.56. The third kappa shape index (κ3) is 40.6. The molecule has 0 saturated heterocycles. The van der Waals surface area contributed by atoms with Crippen molar-refractivity contribution < 1.29 is 28.6 Å². The Morgan fingerprint density at radius 2 is 0.685 bits per heavy atom. The maximum atomic E-state index is 12.7. The molecule has 0 amide bonds. The first kappa shape index (κ1) is 51.4. The predicted molar refractivity (Wildman–Crippen MR) is 229 cm³/mol. The van der Waals surface area contributed by atoms with E-state index in [1.807, 2.05) is 0 Å². The maximum Gasteiger partial charge on any atom is 0.306 e. The molecule has 0 aromatic heterocycles. The van der Waals surface area contributed by atoms with Crippen molar-refractivity contribution in [1.29, 1.82) is 0 Å². The lowest BCUT2D eigenvalue weighted by atomic mass is 10.1. The predicted octanol–water partition coefficient (Wildman–Crippen LogP) is 14.4. The Bertz CT molecular complexity index is 964. The van der Waals surface area contributed by atoms with Gasteiger partial charge in [0.25, 0.3) is 0 Å². The van der Waals surface area contributed by atoms with Crippen molar-refractivity contribution in [1.82, 2.24) is 0 Å². The van der Waals surface area contributed by atoms with Crippen LogP contribution in [0.4, 0.5) is 0 Å². The van der Waals surface area contributed by atoms with Gasteiger partial charge in [0, 0.05) is 19.3 Å². The Hall–Kier alpha value is -2.63. The van der Waals surface area contributed by atoms with Crippen molar-refractivity contribution in [3.8, 4) is 0 Å². The molecule has 0 saturated carbocycles. The van der Waals surface area contributed by atoms with Crippen molar-refractivity contribution in [2.24, 2.45) is 0 Å². The van der Waals surface area contributed by atoms with E-state index in [0.717, 1.165) is 103 Å². The summed E-state index contributed by atoms with van der Waals surface area (Å²) < 4.78 is 16.6. The Kier molecular flexibility index (Phi) is 41.0. The number of ether oxygens (including phenoxy) is 3. The monoisotopic (exact) mass is 757 g/mol. The quantitative estimate of drug-likeness (QED) is 0.0268. The summed E-state index contributed by atoms with van der Waals surface area (Å²) in [5.41, 5.74) is 0. The van der Waals surface area contributed by atoms with Gasteiger partial charge in [0.2, 0.25) is 0 Å². The number of unbranched alkanes of at least 4 members (excludes halogenated alkanes) is 21. The van der Waals surface area contributed by atoms with Crippen LogP contribution in [0.25, 0.3) is 0 Å². The molecule has 0 aromatic carbocycles. The van der Waals surface area contributed by atoms with Crippen LogP contribution in [0.15, 0.2) is 48.6 Å². The molecule has 0 fully saturated rings. The molecule has 0 heterocycles. The highest BCUT2D eigenvalue weighted by atomic mass is 16.6. The molecule has 6 heteroatoms. The zero-order valence-corrected chi connectivity index (χ0v) is 35.5. The van der Waals surface area contributed by atoms with Crippen LogP contribution in [-0.4, -0.2) is 37.2 Å². The lowest BCUT2D eigenvalue weighted by molar-refractivity contribution is -0.167. The summed E-state index contributed by atoms with van der Waals surface area (Å²) in [5.74, 6) is -0.917. The fraction of sp³-hybridized carbons (Fsp3) is 0.771. The van der Waals surface area contributed by atoms with E-state index in [1.165, 1.54) is 77.0 Å². The first-order valence-corrected chi connectivity index (χ1v) is 22.6. The number of carbonyl (C=O) groups excluding carboxylic acids is 3. The minimum absolute atomic E-state index is 0.0828. The van der Waals surface area contributed by atoms with Crippen LogP contribution in [-0.2, 0) is 28.6 Å². The van der Waals surface area contributed by atoms with Crippen LogP contribution in [0, 0.1) is 0 Å². The number of esters is 3. The van der Waals surface area contributed by atoms with E-state index in [0.29, 0.717) is 19.3 Å². The van der Waals surface area contributed by atoms with E-state index in [1.54, 1.807) is 0 Å². The highest BCUT2D eigenvalue weighted by molar-refractivity contribution is 5.71. The summed E-state index contributed by atoms with van der Waals surface area (Å²) in [4.78, 5) is 37.6. The topological polar surface area (TPSA) is 78.9 Å². The van der Waals surface area contributed by atoms with Gasteiger partial charge in [0.15, 0.2) is 6.10 Å². The molecule has 312 valence electrons. The fourth-order valence-corrected chi connectivity index (χ4v) is 6.06. The van der Waals surface area contributed by atoms with E-state index in [2.05, 4.69) is 69.4 Å². The molecule has 6 nitrogen and oxygen atoms in total. The van der Waals surface area contributed by atoms with Gasteiger partial charge in [0.05, 0.1) is 0 Å². The second kappa shape index (κ2) is 43.1. The molecule has 0 radical (unpaired) electrons. The van der Waals surface area contributed by atoms with Crippen molar-refractivity contribution in [3.63, 3.8) is 0 Å². The van der Waals surface area contributed by atoms with Crippen LogP contribution in [0.1, 0.15) is 220 Å². The number of carbonyl (C=O) groups is 3. The smallest absolute Gasteiger partial charge is 0.306 e. The molecular formula is C48H84O6. The van der Waals surface area contributed by atoms with Gasteiger partial charge in [-0.2, -0.15) is 0 Å². The lowest BCUT2D eigenvalue weighted by Crippen LogP contribution is -2.30. The molecular weight excluding hydrogens is 673 g/mol. The first-order valence-electron chi connectivity index (χ1n) is 22.6. The summed E-state index contributed by atoms with van der Waals surface area (Å²) >= 11 is 0. The number of hydrogen-bond acceptors (Lipinski definition) is 6. The van der Waals surface area contributed by atoms with Crippen molar-refractivity contribution in [3.05, 3.63) is 48.6 Å². The standard InChI is InChI=1S/C48H84O6/c1-4-7-10-13-16-19-21-23-25-27-29-32-35-38-41-47(50)53-44-45(43-52-46(49)40-37-34-31-18-15-12-9-6-3)54-48(51)42-39-36-33-30-28-26-24-22-20-17-14-11-8-5-2/h13-14,16-17,21-24,45H,4-12,15,18-20,25-44H2,1-3H3/b16-13-,17-14-,23-21-,24-22-. The van der Waals surface area contributed by atoms with Crippen molar-refractivity contribution in [2.45, 2.75) is 226 Å². The van der Waals surface area contributed by atoms with Gasteiger partial charge in [-0.1, -0.05) is 179 Å². The van der Waals surface area contributed by atoms with Gasteiger partial charge < -0.3 is 14.2 Å². The van der Waals surface area contributed by atoms with E-state index < -0.39 is 6.10 Å². The Morgan fingerprint density at radius 3 is 1.07 bits per heavy atom. The molecule has 0 aliphatic rings. The molecule has 0 spiro atoms. The molecule has 0 bridgehead atoms. The lowest BCUT2D eigenvalue weighted by Gasteiger charge is -2.18. The van der Waals surface area contributed by atoms with Crippen molar-refractivity contribution in [2.75, 3.05) is 13.2 Å². The molecule has 0 rings (SSSR count). The molecule has 1 atom stereocenters. The summed E-state index contributed by atoms with van der Waals surface area (Å²) in [5, 5.41) is 0. The Balaban J connectivity index is 4.39. The van der Waals surface area contributed by atoms with Gasteiger partial charge in [-0.3, -0.25) is 14.4 Å². The second-order valence-corrected chi connectivity index (χ2v) is 15.0. The molecule has 0 aliphatic heterocycles. The second-order valence-electron chi connectivity index (χ2n) is 15.0. The molecule has 0 aliphatic carbocycles. The van der Waals surface area contributed by atoms with Crippen LogP contribution >= 0.6 is 0 Å². The average molecular weight is 757 g/mol. The number of rotatable bonds is 40. The summed E-state index contributed by atoms with van der Waals surface area (Å²) in [6.45, 7) is 6.49. The number of hydrogen-bond donors (Lipinski definition) is 0. The van der Waals surface area contributed by atoms with E-state index in [4.69, 9.17) is 14.2 Å². The Labute approximate surface area is 333 Å². The van der Waals surface area contributed by atoms with E-state index in [-0.39, 0.29) is 31.1 Å². The summed E-state index contributed by atoms with van der Waals surface area (Å²) in [6, 6.07) is 0. The largest absolute Gasteiger partial charge is 0.462 e. The zero-order chi connectivity index (χ0) is 39.4. The first-order chi connectivity index (χ1) is 26.5. The molecule has 1 unspecified atom stereocenters. The van der Waals surface area contributed by atoms with E-state index in [9.17, 15) is 14.4 Å². The van der Waals surface area contributed by atoms with E-state index >= 15 is 0 Å². The average Bonchev–Trinajstić information content (AvgIpc) is 3.17. The zero-order valence-electron chi connectivity index (χ0n) is 35.5. The summed E-state index contributed by atoms with van der Waals surface area (Å²) in [7, 11) is 0. The minimum Gasteiger partial charge on any atom is -0.462 e. The normalized spacial score (nSPS) is 12.4. The van der Waals surface area contributed by atoms with Gasteiger partial charge in [-0.15, -0.1) is 0 Å². The highest BCUT2D eigenvalue weighted by Crippen LogP contribution is 2.13. The third-order valence-electron chi connectivity index (χ3n) is 9.56. The van der Waals surface area contributed by atoms with Crippen LogP contribution in [0.2, 0.25) is 0 Å². The maximum absolute atomic E-state index is 12.7.